The standard InChI is InChI=1S/C22H23N3O5S/c26-17-12-19(25(13-17)20(27)8-7-18-2-1-11-31-18)22(29)23-15-3-5-16(6-4-15)24-9-10-30-14-21(24)28/h1-8,11,17,19,26H,9-10,12-14H2,(H,23,29)/t17-,19-/m1/s1. The number of amides is 3. The molecule has 0 bridgehead atoms. The van der Waals surface area contributed by atoms with Crippen LogP contribution in [0.2, 0.25) is 0 Å². The van der Waals surface area contributed by atoms with Gasteiger partial charge in [-0.2, -0.15) is 0 Å². The first-order valence-electron chi connectivity index (χ1n) is 10.0. The van der Waals surface area contributed by atoms with E-state index in [-0.39, 0.29) is 37.3 Å². The number of hydrogen-bond donors (Lipinski definition) is 2. The van der Waals surface area contributed by atoms with Crippen LogP contribution in [0.25, 0.3) is 6.08 Å². The third kappa shape index (κ3) is 5.01. The van der Waals surface area contributed by atoms with Gasteiger partial charge in [0.1, 0.15) is 12.6 Å². The average molecular weight is 442 g/mol. The molecule has 9 heteroatoms. The Kier molecular flexibility index (Phi) is 6.45. The van der Waals surface area contributed by atoms with Crippen molar-refractivity contribution in [3.05, 3.63) is 52.7 Å². The fraction of sp³-hybridized carbons (Fsp3) is 0.318. The molecule has 3 heterocycles. The number of nitrogens with zero attached hydrogens (tertiary/aromatic N) is 2. The monoisotopic (exact) mass is 441 g/mol. The van der Waals surface area contributed by atoms with Crippen molar-refractivity contribution in [2.24, 2.45) is 0 Å². The molecule has 1 aromatic carbocycles. The molecule has 2 N–H and O–H groups in total. The van der Waals surface area contributed by atoms with Gasteiger partial charge in [0.25, 0.3) is 5.91 Å². The number of anilines is 2. The molecule has 31 heavy (non-hydrogen) atoms. The Morgan fingerprint density at radius 2 is 2.03 bits per heavy atom. The number of β-amino-alcohol motifs (C(OH)–C–C–N with tert-alkyl or cyclic N) is 1. The molecule has 1 aromatic heterocycles. The molecule has 162 valence electrons. The number of likely N-dealkylation sites (tertiary alicyclic amines) is 1. The third-order valence-corrected chi connectivity index (χ3v) is 6.07. The number of aliphatic hydroxyl groups excluding tert-OH is 1. The van der Waals surface area contributed by atoms with Crippen LogP contribution < -0.4 is 10.2 Å². The highest BCUT2D eigenvalue weighted by Gasteiger charge is 2.38. The highest BCUT2D eigenvalue weighted by molar-refractivity contribution is 7.10. The molecule has 4 rings (SSSR count). The van der Waals surface area contributed by atoms with Crippen molar-refractivity contribution in [3.63, 3.8) is 0 Å². The van der Waals surface area contributed by atoms with Crippen LogP contribution in [0.15, 0.2) is 47.9 Å². The number of nitrogens with one attached hydrogen (secondary N) is 1. The summed E-state index contributed by atoms with van der Waals surface area (Å²) in [5.41, 5.74) is 1.29. The molecule has 2 atom stereocenters. The van der Waals surface area contributed by atoms with Crippen molar-refractivity contribution >= 4 is 46.5 Å². The van der Waals surface area contributed by atoms with Gasteiger partial charge in [-0.3, -0.25) is 14.4 Å². The second-order valence-corrected chi connectivity index (χ2v) is 8.36. The molecule has 2 saturated heterocycles. The molecular weight excluding hydrogens is 418 g/mol. The molecule has 2 aliphatic heterocycles. The van der Waals surface area contributed by atoms with Crippen LogP contribution in [-0.2, 0) is 19.1 Å². The number of hydrogen-bond acceptors (Lipinski definition) is 6. The summed E-state index contributed by atoms with van der Waals surface area (Å²) in [5.74, 6) is -0.774. The van der Waals surface area contributed by atoms with Crippen LogP contribution in [0, 0.1) is 0 Å². The van der Waals surface area contributed by atoms with E-state index in [1.807, 2.05) is 17.5 Å². The summed E-state index contributed by atoms with van der Waals surface area (Å²) in [7, 11) is 0. The second kappa shape index (κ2) is 9.42. The van der Waals surface area contributed by atoms with Gasteiger partial charge in [0, 0.05) is 41.8 Å². The first kappa shape index (κ1) is 21.2. The van der Waals surface area contributed by atoms with E-state index in [0.29, 0.717) is 18.8 Å². The quantitative estimate of drug-likeness (QED) is 0.689. The van der Waals surface area contributed by atoms with Gasteiger partial charge in [0.2, 0.25) is 11.8 Å². The van der Waals surface area contributed by atoms with Gasteiger partial charge in [-0.05, 0) is 41.8 Å². The number of thiophene rings is 1. The Labute approximate surface area is 183 Å². The van der Waals surface area contributed by atoms with Crippen molar-refractivity contribution < 1.29 is 24.2 Å². The molecule has 0 unspecified atom stereocenters. The first-order chi connectivity index (χ1) is 15.0. The minimum Gasteiger partial charge on any atom is -0.391 e. The topological polar surface area (TPSA) is 99.2 Å². The summed E-state index contributed by atoms with van der Waals surface area (Å²) >= 11 is 1.51. The van der Waals surface area contributed by atoms with Crippen molar-refractivity contribution in [2.75, 3.05) is 36.5 Å². The molecular formula is C22H23N3O5S. The largest absolute Gasteiger partial charge is 0.391 e. The summed E-state index contributed by atoms with van der Waals surface area (Å²) in [6, 6.07) is 9.98. The molecule has 0 spiro atoms. The van der Waals surface area contributed by atoms with E-state index in [1.165, 1.54) is 22.3 Å². The lowest BCUT2D eigenvalue weighted by Crippen LogP contribution is -2.42. The number of aliphatic hydroxyl groups is 1. The zero-order valence-electron chi connectivity index (χ0n) is 16.8. The summed E-state index contributed by atoms with van der Waals surface area (Å²) in [4.78, 5) is 41.4. The van der Waals surface area contributed by atoms with E-state index in [1.54, 1.807) is 35.2 Å². The van der Waals surface area contributed by atoms with E-state index >= 15 is 0 Å². The lowest BCUT2D eigenvalue weighted by molar-refractivity contribution is -0.132. The van der Waals surface area contributed by atoms with E-state index in [4.69, 9.17) is 4.74 Å². The minimum atomic E-state index is -0.754. The maximum Gasteiger partial charge on any atom is 0.253 e. The third-order valence-electron chi connectivity index (χ3n) is 5.23. The zero-order chi connectivity index (χ0) is 21.8. The average Bonchev–Trinajstić information content (AvgIpc) is 3.43. The predicted octanol–water partition coefficient (Wildman–Crippen LogP) is 1.72. The Morgan fingerprint density at radius 1 is 1.23 bits per heavy atom. The Morgan fingerprint density at radius 3 is 2.74 bits per heavy atom. The van der Waals surface area contributed by atoms with Crippen LogP contribution in [0.5, 0.6) is 0 Å². The molecule has 0 saturated carbocycles. The molecule has 0 aliphatic carbocycles. The maximum absolute atomic E-state index is 12.8. The highest BCUT2D eigenvalue weighted by Crippen LogP contribution is 2.23. The number of morpholine rings is 1. The van der Waals surface area contributed by atoms with E-state index in [9.17, 15) is 19.5 Å². The van der Waals surface area contributed by atoms with Crippen molar-refractivity contribution in [1.29, 1.82) is 0 Å². The van der Waals surface area contributed by atoms with Crippen LogP contribution >= 0.6 is 11.3 Å². The van der Waals surface area contributed by atoms with Gasteiger partial charge in [-0.15, -0.1) is 11.3 Å². The van der Waals surface area contributed by atoms with Gasteiger partial charge in [-0.25, -0.2) is 0 Å². The van der Waals surface area contributed by atoms with Crippen LogP contribution in [-0.4, -0.2) is 66.2 Å². The number of rotatable bonds is 5. The zero-order valence-corrected chi connectivity index (χ0v) is 17.6. The predicted molar refractivity (Wildman–Crippen MR) is 118 cm³/mol. The van der Waals surface area contributed by atoms with Gasteiger partial charge >= 0.3 is 0 Å². The Balaban J connectivity index is 1.40. The maximum atomic E-state index is 12.8. The summed E-state index contributed by atoms with van der Waals surface area (Å²) in [6.07, 6.45) is 2.58. The first-order valence-corrected chi connectivity index (χ1v) is 10.9. The minimum absolute atomic E-state index is 0.0628. The molecule has 2 aliphatic rings. The van der Waals surface area contributed by atoms with Crippen LogP contribution in [0.4, 0.5) is 11.4 Å². The Bertz CT molecular complexity index is 974. The lowest BCUT2D eigenvalue weighted by Gasteiger charge is -2.27. The van der Waals surface area contributed by atoms with E-state index < -0.39 is 12.1 Å². The number of ether oxygens (including phenoxy) is 1. The lowest BCUT2D eigenvalue weighted by atomic mass is 10.1. The Hall–Kier alpha value is -3.01. The van der Waals surface area contributed by atoms with Crippen LogP contribution in [0.1, 0.15) is 11.3 Å². The normalized spacial score (nSPS) is 21.6. The van der Waals surface area contributed by atoms with E-state index in [0.717, 1.165) is 10.6 Å². The van der Waals surface area contributed by atoms with Crippen molar-refractivity contribution in [3.8, 4) is 0 Å². The summed E-state index contributed by atoms with van der Waals surface area (Å²) < 4.78 is 5.14. The molecule has 0 radical (unpaired) electrons. The van der Waals surface area contributed by atoms with Gasteiger partial charge < -0.3 is 25.0 Å². The second-order valence-electron chi connectivity index (χ2n) is 7.38. The van der Waals surface area contributed by atoms with E-state index in [2.05, 4.69) is 5.32 Å². The summed E-state index contributed by atoms with van der Waals surface area (Å²) in [5, 5.41) is 14.8. The number of carbonyl (C=O) groups excluding carboxylic acids is 3. The van der Waals surface area contributed by atoms with Gasteiger partial charge in [-0.1, -0.05) is 6.07 Å². The highest BCUT2D eigenvalue weighted by atomic mass is 32.1. The van der Waals surface area contributed by atoms with Crippen LogP contribution in [0.3, 0.4) is 0 Å². The van der Waals surface area contributed by atoms with Gasteiger partial charge in [0.15, 0.2) is 0 Å². The van der Waals surface area contributed by atoms with Gasteiger partial charge in [0.05, 0.1) is 12.7 Å². The smallest absolute Gasteiger partial charge is 0.253 e. The molecule has 8 nitrogen and oxygen atoms in total. The molecule has 2 aromatic rings. The number of carbonyl (C=O) groups is 3. The number of benzene rings is 1. The SMILES string of the molecule is O=C(Nc1ccc(N2CCOCC2=O)cc1)[C@H]1C[C@@H](O)CN1C(=O)C=Cc1cccs1. The van der Waals surface area contributed by atoms with Crippen molar-refractivity contribution in [2.45, 2.75) is 18.6 Å². The fourth-order valence-corrected chi connectivity index (χ4v) is 4.30. The van der Waals surface area contributed by atoms with Crippen molar-refractivity contribution in [1.82, 2.24) is 4.90 Å². The molecule has 2 fully saturated rings. The summed E-state index contributed by atoms with van der Waals surface area (Å²) in [6.45, 7) is 1.15. The molecule has 3 amide bonds. The fourth-order valence-electron chi connectivity index (χ4n) is 3.68.